The van der Waals surface area contributed by atoms with Crippen molar-refractivity contribution in [3.05, 3.63) is 0 Å². The van der Waals surface area contributed by atoms with Crippen LogP contribution < -0.4 is 33.6 Å². The molecule has 0 fully saturated rings. The molecular formula is C16H44N6O. The van der Waals surface area contributed by atoms with Crippen LogP contribution in [0.2, 0.25) is 0 Å². The van der Waals surface area contributed by atoms with Crippen LogP contribution >= 0.6 is 0 Å². The topological polar surface area (TPSA) is 160 Å². The molecule has 0 rings (SSSR count). The van der Waals surface area contributed by atoms with Crippen molar-refractivity contribution in [3.63, 3.8) is 0 Å². The van der Waals surface area contributed by atoms with E-state index in [9.17, 15) is 0 Å². The Labute approximate surface area is 143 Å². The van der Waals surface area contributed by atoms with Gasteiger partial charge in [-0.05, 0) is 51.9 Å². The molecule has 0 aliphatic carbocycles. The zero-order valence-corrected chi connectivity index (χ0v) is 15.1. The zero-order valence-electron chi connectivity index (χ0n) is 15.1. The SMILES string of the molecule is NCCCCCCNCCN.NCCCCCCNCCN.O. The highest BCUT2D eigenvalue weighted by Gasteiger charge is 1.88. The van der Waals surface area contributed by atoms with Gasteiger partial charge in [0.1, 0.15) is 0 Å². The minimum absolute atomic E-state index is 0. The second-order valence-corrected chi connectivity index (χ2v) is 5.48. The molecule has 0 atom stereocenters. The fraction of sp³-hybridized carbons (Fsp3) is 1.00. The Hall–Kier alpha value is -0.280. The van der Waals surface area contributed by atoms with Crippen molar-refractivity contribution in [2.24, 2.45) is 22.9 Å². The first-order valence-corrected chi connectivity index (χ1v) is 9.05. The summed E-state index contributed by atoms with van der Waals surface area (Å²) in [6, 6.07) is 0. The van der Waals surface area contributed by atoms with Crippen LogP contribution in [0.1, 0.15) is 51.4 Å². The molecular weight excluding hydrogens is 292 g/mol. The van der Waals surface area contributed by atoms with E-state index in [2.05, 4.69) is 10.6 Å². The molecule has 7 nitrogen and oxygen atoms in total. The van der Waals surface area contributed by atoms with Gasteiger partial charge in [-0.25, -0.2) is 0 Å². The molecule has 144 valence electrons. The molecule has 12 N–H and O–H groups in total. The summed E-state index contributed by atoms with van der Waals surface area (Å²) in [4.78, 5) is 0. The van der Waals surface area contributed by atoms with Gasteiger partial charge in [-0.1, -0.05) is 25.7 Å². The molecule has 7 heteroatoms. The van der Waals surface area contributed by atoms with E-state index in [-0.39, 0.29) is 5.48 Å². The van der Waals surface area contributed by atoms with Gasteiger partial charge in [0.25, 0.3) is 0 Å². The van der Waals surface area contributed by atoms with E-state index in [1.807, 2.05) is 0 Å². The van der Waals surface area contributed by atoms with Crippen LogP contribution in [0.3, 0.4) is 0 Å². The third-order valence-corrected chi connectivity index (χ3v) is 3.26. The summed E-state index contributed by atoms with van der Waals surface area (Å²) in [5, 5.41) is 6.51. The van der Waals surface area contributed by atoms with Crippen molar-refractivity contribution in [3.8, 4) is 0 Å². The highest BCUT2D eigenvalue weighted by molar-refractivity contribution is 4.50. The molecule has 0 aromatic carbocycles. The fourth-order valence-corrected chi connectivity index (χ4v) is 1.95. The standard InChI is InChI=1S/2C8H21N3.H2O/c2*9-5-3-1-2-4-7-11-8-6-10;/h2*11H,1-10H2;1H2. The molecule has 0 spiro atoms. The molecule has 0 saturated heterocycles. The maximum atomic E-state index is 5.36. The van der Waals surface area contributed by atoms with Crippen LogP contribution in [0.4, 0.5) is 0 Å². The van der Waals surface area contributed by atoms with Crippen LogP contribution in [0.25, 0.3) is 0 Å². The predicted molar refractivity (Wildman–Crippen MR) is 103 cm³/mol. The molecule has 0 unspecified atom stereocenters. The fourth-order valence-electron chi connectivity index (χ4n) is 1.95. The lowest BCUT2D eigenvalue weighted by Gasteiger charge is -2.01. The largest absolute Gasteiger partial charge is 0.412 e. The summed E-state index contributed by atoms with van der Waals surface area (Å²) >= 11 is 0. The van der Waals surface area contributed by atoms with E-state index in [4.69, 9.17) is 22.9 Å². The van der Waals surface area contributed by atoms with Crippen molar-refractivity contribution in [2.75, 3.05) is 52.4 Å². The molecule has 0 aromatic heterocycles. The summed E-state index contributed by atoms with van der Waals surface area (Å²) < 4.78 is 0. The molecule has 0 amide bonds. The lowest BCUT2D eigenvalue weighted by molar-refractivity contribution is 0.594. The predicted octanol–water partition coefficient (Wildman–Crippen LogP) is -0.717. The van der Waals surface area contributed by atoms with Gasteiger partial charge < -0.3 is 39.0 Å². The molecule has 0 aliphatic rings. The van der Waals surface area contributed by atoms with Gasteiger partial charge in [0.2, 0.25) is 0 Å². The normalized spacial score (nSPS) is 9.91. The van der Waals surface area contributed by atoms with E-state index >= 15 is 0 Å². The number of hydrogen-bond donors (Lipinski definition) is 6. The van der Waals surface area contributed by atoms with Crippen molar-refractivity contribution in [2.45, 2.75) is 51.4 Å². The van der Waals surface area contributed by atoms with Crippen LogP contribution in [0.15, 0.2) is 0 Å². The van der Waals surface area contributed by atoms with E-state index in [1.165, 1.54) is 38.5 Å². The van der Waals surface area contributed by atoms with Gasteiger partial charge in [-0.2, -0.15) is 0 Å². The molecule has 0 heterocycles. The molecule has 0 saturated carbocycles. The van der Waals surface area contributed by atoms with E-state index in [1.54, 1.807) is 0 Å². The Balaban J connectivity index is -0.000000333. The summed E-state index contributed by atoms with van der Waals surface area (Å²) in [5.41, 5.74) is 21.3. The smallest absolute Gasteiger partial charge is 0.00745 e. The third-order valence-electron chi connectivity index (χ3n) is 3.26. The molecule has 0 aliphatic heterocycles. The molecule has 0 aromatic rings. The van der Waals surface area contributed by atoms with Crippen molar-refractivity contribution in [1.82, 2.24) is 10.6 Å². The minimum atomic E-state index is 0. The summed E-state index contributed by atoms with van der Waals surface area (Å²) in [6.07, 6.45) is 9.93. The Morgan fingerprint density at radius 1 is 0.391 bits per heavy atom. The quantitative estimate of drug-likeness (QED) is 0.204. The molecule has 0 bridgehead atoms. The number of unbranched alkanes of at least 4 members (excludes halogenated alkanes) is 6. The Bertz CT molecular complexity index is 141. The first-order valence-electron chi connectivity index (χ1n) is 9.05. The summed E-state index contributed by atoms with van der Waals surface area (Å²) in [7, 11) is 0. The van der Waals surface area contributed by atoms with Crippen molar-refractivity contribution < 1.29 is 5.48 Å². The average Bonchev–Trinajstić information content (AvgIpc) is 2.54. The molecule has 23 heavy (non-hydrogen) atoms. The third kappa shape index (κ3) is 34.2. The second kappa shape index (κ2) is 29.7. The summed E-state index contributed by atoms with van der Waals surface area (Å²) in [6.45, 7) is 7.22. The highest BCUT2D eigenvalue weighted by Crippen LogP contribution is 1.97. The monoisotopic (exact) mass is 336 g/mol. The Morgan fingerprint density at radius 3 is 1.04 bits per heavy atom. The van der Waals surface area contributed by atoms with Crippen molar-refractivity contribution in [1.29, 1.82) is 0 Å². The average molecular weight is 337 g/mol. The second-order valence-electron chi connectivity index (χ2n) is 5.48. The first-order chi connectivity index (χ1) is 10.8. The highest BCUT2D eigenvalue weighted by atomic mass is 16.0. The van der Waals surface area contributed by atoms with Gasteiger partial charge in [0, 0.05) is 26.2 Å². The number of nitrogens with two attached hydrogens (primary N) is 4. The Morgan fingerprint density at radius 2 is 0.739 bits per heavy atom. The van der Waals surface area contributed by atoms with Crippen molar-refractivity contribution >= 4 is 0 Å². The van der Waals surface area contributed by atoms with Crippen LogP contribution in [-0.2, 0) is 0 Å². The van der Waals surface area contributed by atoms with E-state index < -0.39 is 0 Å². The number of rotatable bonds is 16. The lowest BCUT2D eigenvalue weighted by atomic mass is 10.2. The van der Waals surface area contributed by atoms with E-state index in [0.29, 0.717) is 0 Å². The maximum Gasteiger partial charge on any atom is 0.00745 e. The molecule has 0 radical (unpaired) electrons. The van der Waals surface area contributed by atoms with Crippen LogP contribution in [0, 0.1) is 0 Å². The van der Waals surface area contributed by atoms with Gasteiger partial charge in [0.05, 0.1) is 0 Å². The zero-order chi connectivity index (χ0) is 16.7. The van der Waals surface area contributed by atoms with Gasteiger partial charge in [-0.3, -0.25) is 0 Å². The Kier molecular flexibility index (Phi) is 35.6. The van der Waals surface area contributed by atoms with E-state index in [0.717, 1.165) is 65.2 Å². The van der Waals surface area contributed by atoms with Gasteiger partial charge in [0.15, 0.2) is 0 Å². The first kappa shape index (κ1) is 27.6. The van der Waals surface area contributed by atoms with Crippen LogP contribution in [0.5, 0.6) is 0 Å². The summed E-state index contributed by atoms with van der Waals surface area (Å²) in [5.74, 6) is 0. The number of hydrogen-bond acceptors (Lipinski definition) is 6. The van der Waals surface area contributed by atoms with Crippen LogP contribution in [-0.4, -0.2) is 57.8 Å². The maximum absolute atomic E-state index is 5.36. The minimum Gasteiger partial charge on any atom is -0.412 e. The lowest BCUT2D eigenvalue weighted by Crippen LogP contribution is -2.23. The van der Waals surface area contributed by atoms with Gasteiger partial charge in [-0.15, -0.1) is 0 Å². The van der Waals surface area contributed by atoms with Gasteiger partial charge >= 0.3 is 0 Å². The number of nitrogens with one attached hydrogen (secondary N) is 2.